The van der Waals surface area contributed by atoms with E-state index in [-0.39, 0.29) is 17.6 Å². The number of alkyl halides is 1. The number of carbonyl (C=O) groups is 1. The number of Topliss-reactive ketones (excluding diaryl/α,β-unsaturated/α-hetero) is 1. The molecule has 0 aliphatic carbocycles. The summed E-state index contributed by atoms with van der Waals surface area (Å²) in [5.41, 5.74) is 1.31. The van der Waals surface area contributed by atoms with Crippen LogP contribution in [0.15, 0.2) is 30.3 Å². The molecule has 2 rings (SSSR count). The van der Waals surface area contributed by atoms with Gasteiger partial charge in [0.2, 0.25) is 0 Å². The highest BCUT2D eigenvalue weighted by molar-refractivity contribution is 6.27. The van der Waals surface area contributed by atoms with Gasteiger partial charge >= 0.3 is 0 Å². The van der Waals surface area contributed by atoms with Crippen LogP contribution >= 0.6 is 11.6 Å². The lowest BCUT2D eigenvalue weighted by Gasteiger charge is -2.15. The zero-order chi connectivity index (χ0) is 11.4. The summed E-state index contributed by atoms with van der Waals surface area (Å²) in [6, 6.07) is 10.4. The van der Waals surface area contributed by atoms with E-state index in [0.717, 1.165) is 26.1 Å². The van der Waals surface area contributed by atoms with Crippen LogP contribution < -0.4 is 0 Å². The Morgan fingerprint density at radius 2 is 2.12 bits per heavy atom. The molecule has 0 unspecified atom stereocenters. The Bertz CT molecular complexity index is 352. The van der Waals surface area contributed by atoms with Gasteiger partial charge in [0.05, 0.1) is 5.88 Å². The third-order valence-corrected chi connectivity index (χ3v) is 3.37. The van der Waals surface area contributed by atoms with Crippen LogP contribution in [-0.4, -0.2) is 29.7 Å². The highest BCUT2D eigenvalue weighted by atomic mass is 35.5. The molecular formula is C13H16ClNO. The molecule has 2 nitrogen and oxygen atoms in total. The fourth-order valence-corrected chi connectivity index (χ4v) is 2.41. The van der Waals surface area contributed by atoms with Gasteiger partial charge in [-0.05, 0) is 18.5 Å². The Hall–Kier alpha value is -0.860. The number of halogens is 1. The molecule has 1 aromatic rings. The number of likely N-dealkylation sites (tertiary alicyclic amines) is 1. The molecule has 1 saturated heterocycles. The zero-order valence-corrected chi connectivity index (χ0v) is 9.99. The molecule has 1 aromatic carbocycles. The minimum atomic E-state index is 0.154. The number of nitrogens with zero attached hydrogens (tertiary/aromatic N) is 1. The van der Waals surface area contributed by atoms with Gasteiger partial charge in [0, 0.05) is 19.0 Å². The number of benzene rings is 1. The smallest absolute Gasteiger partial charge is 0.151 e. The van der Waals surface area contributed by atoms with Gasteiger partial charge in [-0.2, -0.15) is 0 Å². The van der Waals surface area contributed by atoms with Gasteiger partial charge in [-0.15, -0.1) is 11.6 Å². The first-order valence-corrected chi connectivity index (χ1v) is 6.18. The third kappa shape index (κ3) is 2.83. The molecule has 1 heterocycles. The van der Waals surface area contributed by atoms with E-state index in [1.807, 2.05) is 18.2 Å². The van der Waals surface area contributed by atoms with Crippen molar-refractivity contribution in [3.63, 3.8) is 0 Å². The van der Waals surface area contributed by atoms with Crippen molar-refractivity contribution in [3.8, 4) is 0 Å². The third-order valence-electron chi connectivity index (χ3n) is 3.11. The number of hydrogen-bond acceptors (Lipinski definition) is 2. The molecular weight excluding hydrogens is 222 g/mol. The van der Waals surface area contributed by atoms with E-state index in [0.29, 0.717) is 0 Å². The van der Waals surface area contributed by atoms with E-state index in [4.69, 9.17) is 11.6 Å². The van der Waals surface area contributed by atoms with Crippen molar-refractivity contribution in [3.05, 3.63) is 35.9 Å². The number of hydrogen-bond donors (Lipinski definition) is 0. The van der Waals surface area contributed by atoms with E-state index in [1.165, 1.54) is 5.56 Å². The van der Waals surface area contributed by atoms with Gasteiger partial charge in [-0.1, -0.05) is 30.3 Å². The summed E-state index contributed by atoms with van der Waals surface area (Å²) in [6.07, 6.45) is 0.957. The Kier molecular flexibility index (Phi) is 3.97. The van der Waals surface area contributed by atoms with Crippen molar-refractivity contribution < 1.29 is 4.79 Å². The van der Waals surface area contributed by atoms with Gasteiger partial charge in [0.15, 0.2) is 5.78 Å². The predicted molar refractivity (Wildman–Crippen MR) is 65.6 cm³/mol. The molecule has 0 saturated carbocycles. The first-order valence-electron chi connectivity index (χ1n) is 5.64. The molecule has 1 aliphatic heterocycles. The molecule has 0 amide bonds. The SMILES string of the molecule is O=C(CCl)[C@@H]1CCN(Cc2ccccc2)C1. The fraction of sp³-hybridized carbons (Fsp3) is 0.462. The second-order valence-corrected chi connectivity index (χ2v) is 4.57. The quantitative estimate of drug-likeness (QED) is 0.750. The summed E-state index contributed by atoms with van der Waals surface area (Å²) >= 11 is 5.57. The van der Waals surface area contributed by atoms with Crippen LogP contribution in [0.4, 0.5) is 0 Å². The fourth-order valence-electron chi connectivity index (χ4n) is 2.19. The van der Waals surface area contributed by atoms with Gasteiger partial charge < -0.3 is 0 Å². The van der Waals surface area contributed by atoms with Crippen molar-refractivity contribution in [2.75, 3.05) is 19.0 Å². The first kappa shape index (κ1) is 11.6. The molecule has 1 fully saturated rings. The van der Waals surface area contributed by atoms with E-state index in [9.17, 15) is 4.79 Å². The first-order chi connectivity index (χ1) is 7.79. The highest BCUT2D eigenvalue weighted by Gasteiger charge is 2.27. The Balaban J connectivity index is 1.88. The largest absolute Gasteiger partial charge is 0.298 e. The summed E-state index contributed by atoms with van der Waals surface area (Å²) < 4.78 is 0. The molecule has 0 bridgehead atoms. The van der Waals surface area contributed by atoms with Crippen LogP contribution in [0.3, 0.4) is 0 Å². The van der Waals surface area contributed by atoms with Crippen molar-refractivity contribution in [2.24, 2.45) is 5.92 Å². The summed E-state index contributed by atoms with van der Waals surface area (Å²) in [6.45, 7) is 2.80. The zero-order valence-electron chi connectivity index (χ0n) is 9.23. The van der Waals surface area contributed by atoms with E-state index >= 15 is 0 Å². The van der Waals surface area contributed by atoms with Gasteiger partial charge in [0.25, 0.3) is 0 Å². The van der Waals surface area contributed by atoms with Crippen LogP contribution in [0.5, 0.6) is 0 Å². The van der Waals surface area contributed by atoms with Crippen LogP contribution in [0.2, 0.25) is 0 Å². The van der Waals surface area contributed by atoms with Gasteiger partial charge in [0.1, 0.15) is 0 Å². The molecule has 0 radical (unpaired) electrons. The summed E-state index contributed by atoms with van der Waals surface area (Å²) in [5.74, 6) is 0.502. The van der Waals surface area contributed by atoms with Crippen molar-refractivity contribution in [1.82, 2.24) is 4.90 Å². The predicted octanol–water partition coefficient (Wildman–Crippen LogP) is 2.32. The Labute approximate surface area is 101 Å². The molecule has 1 atom stereocenters. The van der Waals surface area contributed by atoms with Crippen LogP contribution in [0.25, 0.3) is 0 Å². The van der Waals surface area contributed by atoms with Crippen molar-refractivity contribution in [2.45, 2.75) is 13.0 Å². The molecule has 0 aromatic heterocycles. The molecule has 86 valence electrons. The van der Waals surface area contributed by atoms with Crippen molar-refractivity contribution >= 4 is 17.4 Å². The minimum absolute atomic E-state index is 0.154. The number of ketones is 1. The molecule has 1 aliphatic rings. The van der Waals surface area contributed by atoms with E-state index in [1.54, 1.807) is 0 Å². The van der Waals surface area contributed by atoms with Gasteiger partial charge in [-0.25, -0.2) is 0 Å². The summed E-state index contributed by atoms with van der Waals surface area (Å²) in [5, 5.41) is 0. The van der Waals surface area contributed by atoms with Gasteiger partial charge in [-0.3, -0.25) is 9.69 Å². The highest BCUT2D eigenvalue weighted by Crippen LogP contribution is 2.19. The number of rotatable bonds is 4. The molecule has 0 N–H and O–H groups in total. The van der Waals surface area contributed by atoms with E-state index < -0.39 is 0 Å². The monoisotopic (exact) mass is 237 g/mol. The molecule has 0 spiro atoms. The topological polar surface area (TPSA) is 20.3 Å². The minimum Gasteiger partial charge on any atom is -0.298 e. The Morgan fingerprint density at radius 3 is 2.81 bits per heavy atom. The lowest BCUT2D eigenvalue weighted by Crippen LogP contribution is -2.23. The normalized spacial score (nSPS) is 21.2. The molecule has 16 heavy (non-hydrogen) atoms. The molecule has 3 heteroatoms. The lowest BCUT2D eigenvalue weighted by atomic mass is 10.1. The lowest BCUT2D eigenvalue weighted by molar-refractivity contribution is -0.120. The average molecular weight is 238 g/mol. The van der Waals surface area contributed by atoms with Crippen LogP contribution in [0.1, 0.15) is 12.0 Å². The summed E-state index contributed by atoms with van der Waals surface area (Å²) in [4.78, 5) is 13.8. The Morgan fingerprint density at radius 1 is 1.38 bits per heavy atom. The maximum absolute atomic E-state index is 11.5. The maximum atomic E-state index is 11.5. The number of carbonyl (C=O) groups excluding carboxylic acids is 1. The summed E-state index contributed by atoms with van der Waals surface area (Å²) in [7, 11) is 0. The average Bonchev–Trinajstić information content (AvgIpc) is 2.78. The maximum Gasteiger partial charge on any atom is 0.151 e. The van der Waals surface area contributed by atoms with E-state index in [2.05, 4.69) is 17.0 Å². The van der Waals surface area contributed by atoms with Crippen LogP contribution in [-0.2, 0) is 11.3 Å². The standard InChI is InChI=1S/C13H16ClNO/c14-8-13(16)12-6-7-15(10-12)9-11-4-2-1-3-5-11/h1-5,12H,6-10H2/t12-/m1/s1. The van der Waals surface area contributed by atoms with Crippen LogP contribution in [0, 0.1) is 5.92 Å². The second kappa shape index (κ2) is 5.46. The van der Waals surface area contributed by atoms with Crippen molar-refractivity contribution in [1.29, 1.82) is 0 Å². The second-order valence-electron chi connectivity index (χ2n) is 4.31.